The Labute approximate surface area is 156 Å². The molecule has 0 aliphatic rings. The van der Waals surface area contributed by atoms with Crippen LogP contribution in [0.5, 0.6) is 0 Å². The van der Waals surface area contributed by atoms with Crippen LogP contribution >= 0.6 is 12.4 Å². The summed E-state index contributed by atoms with van der Waals surface area (Å²) in [7, 11) is 0. The normalized spacial score (nSPS) is 10.4. The van der Waals surface area contributed by atoms with E-state index in [-0.39, 0.29) is 18.3 Å². The molecule has 0 aliphatic carbocycles. The van der Waals surface area contributed by atoms with Gasteiger partial charge in [0, 0.05) is 25.3 Å². The summed E-state index contributed by atoms with van der Waals surface area (Å²) in [4.78, 5) is 14.4. The van der Waals surface area contributed by atoms with E-state index in [4.69, 9.17) is 5.73 Å². The molecule has 0 heterocycles. The van der Waals surface area contributed by atoms with Gasteiger partial charge in [-0.1, -0.05) is 49.4 Å². The van der Waals surface area contributed by atoms with Gasteiger partial charge in [-0.25, -0.2) is 0 Å². The molecule has 2 aromatic rings. The van der Waals surface area contributed by atoms with Gasteiger partial charge in [0.25, 0.3) is 0 Å². The van der Waals surface area contributed by atoms with Gasteiger partial charge >= 0.3 is 0 Å². The minimum absolute atomic E-state index is 0. The molecule has 0 saturated heterocycles. The van der Waals surface area contributed by atoms with Crippen LogP contribution in [-0.4, -0.2) is 37.0 Å². The number of carbonyl (C=O) groups is 1. The molecular formula is C20H28ClN3O. The predicted molar refractivity (Wildman–Crippen MR) is 107 cm³/mol. The van der Waals surface area contributed by atoms with E-state index in [1.165, 1.54) is 11.1 Å². The Bertz CT molecular complexity index is 617. The molecule has 0 aliphatic heterocycles. The van der Waals surface area contributed by atoms with Crippen molar-refractivity contribution in [2.24, 2.45) is 5.73 Å². The number of halogens is 1. The highest BCUT2D eigenvalue weighted by Gasteiger charge is 2.10. The fourth-order valence-electron chi connectivity index (χ4n) is 2.61. The molecule has 0 unspecified atom stereocenters. The van der Waals surface area contributed by atoms with Crippen LogP contribution in [0.25, 0.3) is 0 Å². The molecular weight excluding hydrogens is 334 g/mol. The highest BCUT2D eigenvalue weighted by molar-refractivity contribution is 5.92. The van der Waals surface area contributed by atoms with Crippen LogP contribution < -0.4 is 11.1 Å². The van der Waals surface area contributed by atoms with Gasteiger partial charge in [0.05, 0.1) is 6.54 Å². The maximum atomic E-state index is 12.3. The van der Waals surface area contributed by atoms with Crippen LogP contribution in [0.3, 0.4) is 0 Å². The lowest BCUT2D eigenvalue weighted by molar-refractivity contribution is -0.117. The molecule has 0 spiro atoms. The minimum atomic E-state index is 0. The summed E-state index contributed by atoms with van der Waals surface area (Å²) in [5.41, 5.74) is 9.06. The number of hydrogen-bond acceptors (Lipinski definition) is 3. The van der Waals surface area contributed by atoms with Crippen molar-refractivity contribution in [2.45, 2.75) is 19.8 Å². The zero-order valence-electron chi connectivity index (χ0n) is 14.8. The summed E-state index contributed by atoms with van der Waals surface area (Å²) >= 11 is 0. The van der Waals surface area contributed by atoms with E-state index in [0.29, 0.717) is 13.1 Å². The monoisotopic (exact) mass is 361 g/mol. The maximum absolute atomic E-state index is 12.3. The number of rotatable bonds is 9. The number of aryl methyl sites for hydroxylation is 1. The Kier molecular flexibility index (Phi) is 9.85. The molecule has 0 saturated carbocycles. The van der Waals surface area contributed by atoms with Crippen LogP contribution in [-0.2, 0) is 17.6 Å². The largest absolute Gasteiger partial charge is 0.329 e. The molecule has 0 aromatic heterocycles. The minimum Gasteiger partial charge on any atom is -0.329 e. The summed E-state index contributed by atoms with van der Waals surface area (Å²) in [5.74, 6) is 0.000704. The third kappa shape index (κ3) is 7.69. The first-order chi connectivity index (χ1) is 11.7. The lowest BCUT2D eigenvalue weighted by Crippen LogP contribution is -2.37. The molecule has 2 aromatic carbocycles. The molecule has 0 fully saturated rings. The molecule has 0 radical (unpaired) electrons. The van der Waals surface area contributed by atoms with E-state index in [0.717, 1.165) is 31.6 Å². The van der Waals surface area contributed by atoms with E-state index in [9.17, 15) is 4.79 Å². The Morgan fingerprint density at radius 2 is 1.68 bits per heavy atom. The van der Waals surface area contributed by atoms with Crippen molar-refractivity contribution in [3.05, 3.63) is 65.7 Å². The number of amides is 1. The molecule has 4 nitrogen and oxygen atoms in total. The van der Waals surface area contributed by atoms with Gasteiger partial charge in [0.2, 0.25) is 5.91 Å². The van der Waals surface area contributed by atoms with Crippen molar-refractivity contribution >= 4 is 24.0 Å². The van der Waals surface area contributed by atoms with Gasteiger partial charge in [0.15, 0.2) is 0 Å². The molecule has 25 heavy (non-hydrogen) atoms. The summed E-state index contributed by atoms with van der Waals surface area (Å²) in [5, 5.41) is 2.96. The van der Waals surface area contributed by atoms with E-state index in [1.54, 1.807) is 0 Å². The average molecular weight is 362 g/mol. The number of anilines is 1. The predicted octanol–water partition coefficient (Wildman–Crippen LogP) is 3.11. The van der Waals surface area contributed by atoms with Crippen molar-refractivity contribution in [2.75, 3.05) is 31.5 Å². The third-order valence-electron chi connectivity index (χ3n) is 4.02. The lowest BCUT2D eigenvalue weighted by atomic mass is 10.1. The van der Waals surface area contributed by atoms with Gasteiger partial charge in [-0.2, -0.15) is 0 Å². The zero-order valence-corrected chi connectivity index (χ0v) is 15.6. The first-order valence-corrected chi connectivity index (χ1v) is 8.56. The maximum Gasteiger partial charge on any atom is 0.238 e. The highest BCUT2D eigenvalue weighted by atomic mass is 35.5. The Morgan fingerprint density at radius 3 is 2.28 bits per heavy atom. The Hall–Kier alpha value is -1.88. The van der Waals surface area contributed by atoms with Gasteiger partial charge in [0.1, 0.15) is 0 Å². The molecule has 3 N–H and O–H groups in total. The van der Waals surface area contributed by atoms with Gasteiger partial charge < -0.3 is 11.1 Å². The standard InChI is InChI=1S/C20H27N3O.ClH/c1-2-17-8-10-19(11-9-17)22-20(24)16-23(15-13-21)14-12-18-6-4-3-5-7-18;/h3-11H,2,12-16,21H2,1H3,(H,22,24);1H. The van der Waals surface area contributed by atoms with Crippen LogP contribution in [0.1, 0.15) is 18.1 Å². The number of carbonyl (C=O) groups excluding carboxylic acids is 1. The topological polar surface area (TPSA) is 58.4 Å². The van der Waals surface area contributed by atoms with Crippen LogP contribution in [0.15, 0.2) is 54.6 Å². The molecule has 0 bridgehead atoms. The van der Waals surface area contributed by atoms with Crippen LogP contribution in [0.2, 0.25) is 0 Å². The summed E-state index contributed by atoms with van der Waals surface area (Å²) in [6.07, 6.45) is 1.91. The molecule has 2 rings (SSSR count). The summed E-state index contributed by atoms with van der Waals surface area (Å²) in [6, 6.07) is 18.3. The van der Waals surface area contributed by atoms with Crippen molar-refractivity contribution in [1.29, 1.82) is 0 Å². The van der Waals surface area contributed by atoms with Gasteiger partial charge in [-0.15, -0.1) is 12.4 Å². The van der Waals surface area contributed by atoms with Crippen molar-refractivity contribution in [3.63, 3.8) is 0 Å². The molecule has 1 amide bonds. The number of nitrogens with two attached hydrogens (primary N) is 1. The fourth-order valence-corrected chi connectivity index (χ4v) is 2.61. The van der Waals surface area contributed by atoms with Crippen molar-refractivity contribution in [1.82, 2.24) is 4.90 Å². The number of nitrogens with zero attached hydrogens (tertiary/aromatic N) is 1. The number of benzene rings is 2. The molecule has 136 valence electrons. The summed E-state index contributed by atoms with van der Waals surface area (Å²) in [6.45, 7) is 4.57. The highest BCUT2D eigenvalue weighted by Crippen LogP contribution is 2.10. The van der Waals surface area contributed by atoms with Gasteiger partial charge in [-0.3, -0.25) is 9.69 Å². The second-order valence-corrected chi connectivity index (χ2v) is 5.90. The fraction of sp³-hybridized carbons (Fsp3) is 0.350. The average Bonchev–Trinajstić information content (AvgIpc) is 2.61. The van der Waals surface area contributed by atoms with Crippen molar-refractivity contribution in [3.8, 4) is 0 Å². The quantitative estimate of drug-likeness (QED) is 0.721. The SMILES string of the molecule is CCc1ccc(NC(=O)CN(CCN)CCc2ccccc2)cc1.Cl. The summed E-state index contributed by atoms with van der Waals surface area (Å²) < 4.78 is 0. The van der Waals surface area contributed by atoms with Crippen molar-refractivity contribution < 1.29 is 4.79 Å². The number of nitrogens with one attached hydrogen (secondary N) is 1. The first-order valence-electron chi connectivity index (χ1n) is 8.56. The molecule has 5 heteroatoms. The second-order valence-electron chi connectivity index (χ2n) is 5.90. The Balaban J connectivity index is 0.00000312. The van der Waals surface area contributed by atoms with E-state index in [1.807, 2.05) is 42.5 Å². The second kappa shape index (κ2) is 11.6. The Morgan fingerprint density at radius 1 is 1.00 bits per heavy atom. The third-order valence-corrected chi connectivity index (χ3v) is 4.02. The van der Waals surface area contributed by atoms with Crippen LogP contribution in [0, 0.1) is 0 Å². The lowest BCUT2D eigenvalue weighted by Gasteiger charge is -2.21. The zero-order chi connectivity index (χ0) is 17.2. The molecule has 0 atom stereocenters. The number of hydrogen-bond donors (Lipinski definition) is 2. The van der Waals surface area contributed by atoms with E-state index < -0.39 is 0 Å². The smallest absolute Gasteiger partial charge is 0.238 e. The van der Waals surface area contributed by atoms with Crippen LogP contribution in [0.4, 0.5) is 5.69 Å². The first kappa shape index (κ1) is 21.2. The van der Waals surface area contributed by atoms with E-state index in [2.05, 4.69) is 29.3 Å². The van der Waals surface area contributed by atoms with Gasteiger partial charge in [-0.05, 0) is 36.1 Å². The van der Waals surface area contributed by atoms with E-state index >= 15 is 0 Å².